The van der Waals surface area contributed by atoms with Crippen molar-refractivity contribution in [3.63, 3.8) is 0 Å². The van der Waals surface area contributed by atoms with Crippen LogP contribution in [0.25, 0.3) is 0 Å². The number of thioether (sulfide) groups is 1. The summed E-state index contributed by atoms with van der Waals surface area (Å²) in [6.45, 7) is 2.10. The van der Waals surface area contributed by atoms with Gasteiger partial charge in [0.1, 0.15) is 16.7 Å². The summed E-state index contributed by atoms with van der Waals surface area (Å²) < 4.78 is 0. The summed E-state index contributed by atoms with van der Waals surface area (Å²) in [4.78, 5) is 28.0. The normalized spacial score (nSPS) is 16.9. The lowest BCUT2D eigenvalue weighted by molar-refractivity contribution is -0.117. The minimum absolute atomic E-state index is 0.0788. The van der Waals surface area contributed by atoms with Gasteiger partial charge in [0.05, 0.1) is 5.25 Å². The Morgan fingerprint density at radius 1 is 0.970 bits per heavy atom. The molecule has 1 fully saturated rings. The molecule has 1 heterocycles. The summed E-state index contributed by atoms with van der Waals surface area (Å²) >= 11 is 1.27. The highest BCUT2D eigenvalue weighted by Crippen LogP contribution is 2.42. The van der Waals surface area contributed by atoms with Crippen LogP contribution in [0.3, 0.4) is 0 Å². The molecule has 1 saturated heterocycles. The van der Waals surface area contributed by atoms with Crippen molar-refractivity contribution in [3.8, 4) is 6.07 Å². The summed E-state index contributed by atoms with van der Waals surface area (Å²) in [6, 6.07) is 28.3. The van der Waals surface area contributed by atoms with Gasteiger partial charge in [0.2, 0.25) is 5.91 Å². The molecule has 0 unspecified atom stereocenters. The van der Waals surface area contributed by atoms with E-state index in [9.17, 15) is 14.9 Å². The first-order valence-corrected chi connectivity index (χ1v) is 11.6. The Labute approximate surface area is 197 Å². The van der Waals surface area contributed by atoms with Crippen molar-refractivity contribution >= 4 is 35.0 Å². The Bertz CT molecular complexity index is 1220. The second kappa shape index (κ2) is 10.2. The molecule has 164 valence electrons. The fourth-order valence-electron chi connectivity index (χ4n) is 3.64. The lowest BCUT2D eigenvalue weighted by Crippen LogP contribution is -2.30. The lowest BCUT2D eigenvalue weighted by atomic mass is 10.1. The molecule has 0 saturated carbocycles. The largest absolute Gasteiger partial charge is 0.321 e. The van der Waals surface area contributed by atoms with E-state index < -0.39 is 11.2 Å². The van der Waals surface area contributed by atoms with Crippen molar-refractivity contribution in [2.24, 2.45) is 0 Å². The maximum Gasteiger partial charge on any atom is 0.269 e. The zero-order valence-electron chi connectivity index (χ0n) is 18.2. The van der Waals surface area contributed by atoms with E-state index in [1.807, 2.05) is 42.5 Å². The van der Waals surface area contributed by atoms with Gasteiger partial charge in [-0.15, -0.1) is 0 Å². The van der Waals surface area contributed by atoms with Gasteiger partial charge in [-0.25, -0.2) is 0 Å². The second-order valence-corrected chi connectivity index (χ2v) is 8.79. The minimum atomic E-state index is -0.534. The topological polar surface area (TPSA) is 73.2 Å². The van der Waals surface area contributed by atoms with Crippen LogP contribution in [-0.2, 0) is 22.4 Å². The number of hydrogen-bond acceptors (Lipinski definition) is 4. The number of carbonyl (C=O) groups excluding carboxylic acids is 2. The molecule has 6 heteroatoms. The van der Waals surface area contributed by atoms with Crippen molar-refractivity contribution in [2.45, 2.75) is 25.0 Å². The van der Waals surface area contributed by atoms with E-state index in [1.54, 1.807) is 36.4 Å². The number of para-hydroxylation sites is 2. The number of anilines is 2. The van der Waals surface area contributed by atoms with Crippen molar-refractivity contribution in [1.29, 1.82) is 5.26 Å². The van der Waals surface area contributed by atoms with E-state index >= 15 is 0 Å². The van der Waals surface area contributed by atoms with Crippen LogP contribution in [0.5, 0.6) is 0 Å². The number of nitriles is 1. The van der Waals surface area contributed by atoms with Crippen molar-refractivity contribution < 1.29 is 9.59 Å². The van der Waals surface area contributed by atoms with Crippen LogP contribution in [0.15, 0.2) is 95.5 Å². The molecular formula is C27H23N3O2S. The van der Waals surface area contributed by atoms with E-state index in [2.05, 4.69) is 24.4 Å². The van der Waals surface area contributed by atoms with Gasteiger partial charge in [0.15, 0.2) is 0 Å². The third kappa shape index (κ3) is 5.00. The molecule has 3 aromatic rings. The number of nitrogens with one attached hydrogen (secondary N) is 1. The molecule has 0 aromatic heterocycles. The number of benzene rings is 3. The van der Waals surface area contributed by atoms with Gasteiger partial charge in [0.25, 0.3) is 5.91 Å². The predicted molar refractivity (Wildman–Crippen MR) is 133 cm³/mol. The molecule has 3 aromatic carbocycles. The van der Waals surface area contributed by atoms with Crippen LogP contribution >= 0.6 is 11.8 Å². The SMILES string of the molecule is CCc1ccc(C[C@H]2S/C(=C(\C#N)C(=O)Nc3ccccc3)N(c3ccccc3)C2=O)cc1. The summed E-state index contributed by atoms with van der Waals surface area (Å²) in [5.41, 5.74) is 3.42. The van der Waals surface area contributed by atoms with Crippen molar-refractivity contribution in [1.82, 2.24) is 0 Å². The quantitative estimate of drug-likeness (QED) is 0.405. The zero-order chi connectivity index (χ0) is 23.2. The number of aryl methyl sites for hydroxylation is 1. The Balaban J connectivity index is 1.69. The van der Waals surface area contributed by atoms with Crippen molar-refractivity contribution in [3.05, 3.63) is 107 Å². The maximum absolute atomic E-state index is 13.5. The lowest BCUT2D eigenvalue weighted by Gasteiger charge is -2.18. The molecule has 4 rings (SSSR count). The molecule has 33 heavy (non-hydrogen) atoms. The molecule has 0 bridgehead atoms. The maximum atomic E-state index is 13.5. The van der Waals surface area contributed by atoms with Crippen LogP contribution in [0, 0.1) is 11.3 Å². The van der Waals surface area contributed by atoms with E-state index in [-0.39, 0.29) is 11.5 Å². The summed E-state index contributed by atoms with van der Waals surface area (Å²) in [5.74, 6) is -0.672. The fourth-order valence-corrected chi connectivity index (χ4v) is 4.95. The number of carbonyl (C=O) groups is 2. The van der Waals surface area contributed by atoms with Gasteiger partial charge in [-0.3, -0.25) is 14.5 Å². The van der Waals surface area contributed by atoms with Gasteiger partial charge in [-0.2, -0.15) is 5.26 Å². The van der Waals surface area contributed by atoms with Crippen LogP contribution in [0.2, 0.25) is 0 Å². The van der Waals surface area contributed by atoms with Crippen molar-refractivity contribution in [2.75, 3.05) is 10.2 Å². The fraction of sp³-hybridized carbons (Fsp3) is 0.148. The smallest absolute Gasteiger partial charge is 0.269 e. The van der Waals surface area contributed by atoms with Gasteiger partial charge in [0, 0.05) is 11.4 Å². The van der Waals surface area contributed by atoms with Gasteiger partial charge in [-0.1, -0.05) is 79.3 Å². The third-order valence-electron chi connectivity index (χ3n) is 5.40. The number of rotatable bonds is 6. The number of nitrogens with zero attached hydrogens (tertiary/aromatic N) is 2. The molecule has 1 atom stereocenters. The first-order valence-electron chi connectivity index (χ1n) is 10.7. The summed E-state index contributed by atoms with van der Waals surface area (Å²) in [7, 11) is 0. The van der Waals surface area contributed by atoms with Crippen LogP contribution in [0.4, 0.5) is 11.4 Å². The molecule has 0 radical (unpaired) electrons. The highest BCUT2D eigenvalue weighted by Gasteiger charge is 2.40. The van der Waals surface area contributed by atoms with Crippen LogP contribution < -0.4 is 10.2 Å². The average molecular weight is 454 g/mol. The Morgan fingerprint density at radius 3 is 2.18 bits per heavy atom. The summed E-state index contributed by atoms with van der Waals surface area (Å²) in [5, 5.41) is 12.6. The highest BCUT2D eigenvalue weighted by molar-refractivity contribution is 8.05. The number of hydrogen-bond donors (Lipinski definition) is 1. The Morgan fingerprint density at radius 2 is 1.58 bits per heavy atom. The number of amides is 2. The Kier molecular flexibility index (Phi) is 6.92. The molecule has 0 aliphatic carbocycles. The molecule has 1 N–H and O–H groups in total. The van der Waals surface area contributed by atoms with Gasteiger partial charge in [-0.05, 0) is 48.2 Å². The van der Waals surface area contributed by atoms with Gasteiger partial charge < -0.3 is 5.32 Å². The summed E-state index contributed by atoms with van der Waals surface area (Å²) in [6.07, 6.45) is 1.47. The average Bonchev–Trinajstić information content (AvgIpc) is 3.16. The first kappa shape index (κ1) is 22.4. The first-order chi connectivity index (χ1) is 16.1. The Hall–Kier alpha value is -3.82. The predicted octanol–water partition coefficient (Wildman–Crippen LogP) is 5.31. The highest BCUT2D eigenvalue weighted by atomic mass is 32.2. The van der Waals surface area contributed by atoms with Crippen LogP contribution in [-0.4, -0.2) is 17.1 Å². The van der Waals surface area contributed by atoms with E-state index in [1.165, 1.54) is 22.2 Å². The monoisotopic (exact) mass is 453 g/mol. The standard InChI is InChI=1S/C27H23N3O2S/c1-2-19-13-15-20(16-14-19)17-24-26(32)30(22-11-7-4-8-12-22)27(33-24)23(18-28)25(31)29-21-9-5-3-6-10-21/h3-16,24H,2,17H2,1H3,(H,29,31)/b27-23+/t24-/m1/s1. The van der Waals surface area contributed by atoms with E-state index in [0.29, 0.717) is 22.8 Å². The molecule has 1 aliphatic heterocycles. The second-order valence-electron chi connectivity index (χ2n) is 7.60. The molecule has 1 aliphatic rings. The van der Waals surface area contributed by atoms with E-state index in [4.69, 9.17) is 0 Å². The molecular weight excluding hydrogens is 430 g/mol. The third-order valence-corrected chi connectivity index (χ3v) is 6.67. The molecule has 2 amide bonds. The zero-order valence-corrected chi connectivity index (χ0v) is 19.0. The minimum Gasteiger partial charge on any atom is -0.321 e. The van der Waals surface area contributed by atoms with Crippen LogP contribution in [0.1, 0.15) is 18.1 Å². The van der Waals surface area contributed by atoms with E-state index in [0.717, 1.165) is 12.0 Å². The molecule has 0 spiro atoms. The molecule has 5 nitrogen and oxygen atoms in total. The van der Waals surface area contributed by atoms with Gasteiger partial charge >= 0.3 is 0 Å².